The van der Waals surface area contributed by atoms with Crippen LogP contribution >= 0.6 is 0 Å². The number of hydrogen-bond acceptors (Lipinski definition) is 8. The van der Waals surface area contributed by atoms with Gasteiger partial charge in [0.1, 0.15) is 24.6 Å². The minimum atomic E-state index is -2.28. The van der Waals surface area contributed by atoms with Crippen LogP contribution in [0.5, 0.6) is 0 Å². The van der Waals surface area contributed by atoms with Crippen molar-refractivity contribution in [2.45, 2.75) is 102 Å². The fourth-order valence-corrected chi connectivity index (χ4v) is 6.49. The van der Waals surface area contributed by atoms with E-state index in [2.05, 4.69) is 88.0 Å². The van der Waals surface area contributed by atoms with E-state index in [0.29, 0.717) is 23.3 Å². The zero-order valence-electron chi connectivity index (χ0n) is 25.9. The van der Waals surface area contributed by atoms with E-state index in [1.807, 2.05) is 6.07 Å². The van der Waals surface area contributed by atoms with Gasteiger partial charge in [0.05, 0.1) is 12.9 Å². The van der Waals surface area contributed by atoms with Crippen LogP contribution in [0, 0.1) is 0 Å². The first kappa shape index (κ1) is 31.4. The number of hydrogen-bond donors (Lipinski definition) is 2. The first-order chi connectivity index (χ1) is 18.9. The van der Waals surface area contributed by atoms with Crippen LogP contribution in [0.2, 0.25) is 36.3 Å². The van der Waals surface area contributed by atoms with Crippen molar-refractivity contribution >= 4 is 39.5 Å². The average Bonchev–Trinajstić information content (AvgIpc) is 3.43. The number of fused-ring (bicyclic) bond motifs is 1. The molecule has 224 valence electrons. The summed E-state index contributed by atoms with van der Waals surface area (Å²) in [4.78, 5) is 26.0. The Morgan fingerprint density at radius 3 is 2.24 bits per heavy atom. The number of amides is 1. The molecule has 0 bridgehead atoms. The second kappa shape index (κ2) is 11.3. The molecule has 0 spiro atoms. The highest BCUT2D eigenvalue weighted by Crippen LogP contribution is 2.43. The van der Waals surface area contributed by atoms with E-state index in [0.717, 1.165) is 0 Å². The number of rotatable bonds is 8. The third-order valence-corrected chi connectivity index (χ3v) is 17.8. The van der Waals surface area contributed by atoms with Crippen molar-refractivity contribution in [2.24, 2.45) is 0 Å². The summed E-state index contributed by atoms with van der Waals surface area (Å²) in [5, 5.41) is 14.5. The minimum Gasteiger partial charge on any atom is -0.414 e. The number of aliphatic hydroxyl groups excluding tert-OH is 1. The van der Waals surface area contributed by atoms with E-state index in [4.69, 9.17) is 13.6 Å². The third kappa shape index (κ3) is 6.47. The summed E-state index contributed by atoms with van der Waals surface area (Å²) in [5.41, 5.74) is 1.34. The van der Waals surface area contributed by atoms with Crippen molar-refractivity contribution in [2.75, 3.05) is 11.9 Å². The van der Waals surface area contributed by atoms with Gasteiger partial charge in [-0.3, -0.25) is 9.36 Å². The van der Waals surface area contributed by atoms with Gasteiger partial charge >= 0.3 is 0 Å². The maximum absolute atomic E-state index is 12.8. The lowest BCUT2D eigenvalue weighted by molar-refractivity contribution is -0.0487. The van der Waals surface area contributed by atoms with Crippen molar-refractivity contribution in [3.8, 4) is 0 Å². The molecule has 1 aliphatic heterocycles. The Morgan fingerprint density at radius 1 is 1.00 bits per heavy atom. The summed E-state index contributed by atoms with van der Waals surface area (Å²) in [6.45, 7) is 22.1. The second-order valence-electron chi connectivity index (χ2n) is 13.8. The molecule has 0 radical (unpaired) electrons. The molecule has 10 nitrogen and oxygen atoms in total. The number of anilines is 1. The van der Waals surface area contributed by atoms with Crippen LogP contribution in [-0.4, -0.2) is 72.1 Å². The Kier molecular flexibility index (Phi) is 8.67. The number of nitrogens with one attached hydrogen (secondary N) is 1. The number of nitrogens with zero attached hydrogens (tertiary/aromatic N) is 4. The first-order valence-electron chi connectivity index (χ1n) is 14.1. The SMILES string of the molecule is CC(C)(C)[Si](C)(C)OC[C@H]1O[C@@H](n2cnc3c(NC(=O)c4ccccc4)ncnc32)[C@H](O)[C@@H]1O[Si](C)(C)C(C)(C)C. The summed E-state index contributed by atoms with van der Waals surface area (Å²) in [6, 6.07) is 8.89. The third-order valence-electron chi connectivity index (χ3n) is 8.86. The monoisotopic (exact) mass is 599 g/mol. The molecule has 12 heteroatoms. The predicted molar refractivity (Wildman–Crippen MR) is 165 cm³/mol. The molecule has 2 aromatic heterocycles. The number of aromatic nitrogens is 4. The molecule has 2 N–H and O–H groups in total. The van der Waals surface area contributed by atoms with E-state index in [1.54, 1.807) is 35.2 Å². The Balaban J connectivity index is 1.64. The molecule has 1 aliphatic rings. The Labute approximate surface area is 245 Å². The lowest BCUT2D eigenvalue weighted by Gasteiger charge is -2.41. The first-order valence-corrected chi connectivity index (χ1v) is 19.9. The Bertz CT molecular complexity index is 1370. The molecule has 0 unspecified atom stereocenters. The number of imidazole rings is 1. The van der Waals surface area contributed by atoms with Crippen molar-refractivity contribution in [3.05, 3.63) is 48.5 Å². The minimum absolute atomic E-state index is 0.0253. The van der Waals surface area contributed by atoms with Gasteiger partial charge in [-0.1, -0.05) is 59.7 Å². The lowest BCUT2D eigenvalue weighted by Crippen LogP contribution is -2.51. The molecule has 3 heterocycles. The highest BCUT2D eigenvalue weighted by molar-refractivity contribution is 6.74. The molecule has 41 heavy (non-hydrogen) atoms. The quantitative estimate of drug-likeness (QED) is 0.314. The van der Waals surface area contributed by atoms with Gasteiger partial charge in [0.2, 0.25) is 0 Å². The number of aliphatic hydroxyl groups is 1. The van der Waals surface area contributed by atoms with E-state index < -0.39 is 41.2 Å². The molecule has 0 saturated carbocycles. The molecule has 1 aromatic carbocycles. The standard InChI is InChI=1S/C29H45N5O5Si2/c1-28(2,3)40(7,8)37-16-20-23(39-41(9,10)29(4,5)6)22(35)27(38-20)34-18-32-21-24(30-17-31-25(21)34)33-26(36)19-14-12-11-13-15-19/h11-15,17-18,20,22-23,27,35H,16H2,1-10H3,(H,30,31,33,36)/t20-,22-,23-,27-/m1/s1. The molecule has 3 aromatic rings. The summed E-state index contributed by atoms with van der Waals surface area (Å²) in [7, 11) is -4.36. The predicted octanol–water partition coefficient (Wildman–Crippen LogP) is 5.75. The summed E-state index contributed by atoms with van der Waals surface area (Å²) in [5.74, 6) is -0.0232. The molecular formula is C29H45N5O5Si2. The van der Waals surface area contributed by atoms with Crippen LogP contribution < -0.4 is 5.32 Å². The van der Waals surface area contributed by atoms with Gasteiger partial charge < -0.3 is 24.0 Å². The van der Waals surface area contributed by atoms with Crippen molar-refractivity contribution in [1.82, 2.24) is 19.5 Å². The topological polar surface area (TPSA) is 121 Å². The number of benzene rings is 1. The summed E-state index contributed by atoms with van der Waals surface area (Å²) in [6.07, 6.45) is 0.0370. The van der Waals surface area contributed by atoms with Gasteiger partial charge in [-0.15, -0.1) is 0 Å². The molecule has 1 fully saturated rings. The van der Waals surface area contributed by atoms with Crippen LogP contribution in [0.4, 0.5) is 5.82 Å². The highest BCUT2D eigenvalue weighted by atomic mass is 28.4. The molecular weight excluding hydrogens is 555 g/mol. The number of carbonyl (C=O) groups is 1. The highest BCUT2D eigenvalue weighted by Gasteiger charge is 2.51. The average molecular weight is 600 g/mol. The Morgan fingerprint density at radius 2 is 1.63 bits per heavy atom. The van der Waals surface area contributed by atoms with Gasteiger partial charge in [-0.2, -0.15) is 0 Å². The van der Waals surface area contributed by atoms with E-state index in [9.17, 15) is 9.90 Å². The molecule has 4 atom stereocenters. The van der Waals surface area contributed by atoms with Gasteiger partial charge in [-0.05, 0) is 48.4 Å². The number of carbonyl (C=O) groups excluding carboxylic acids is 1. The van der Waals surface area contributed by atoms with E-state index in [1.165, 1.54) is 6.33 Å². The summed E-state index contributed by atoms with van der Waals surface area (Å²) < 4.78 is 21.5. The van der Waals surface area contributed by atoms with E-state index in [-0.39, 0.29) is 21.8 Å². The lowest BCUT2D eigenvalue weighted by atomic mass is 10.1. The normalized spacial score (nSPS) is 22.3. The molecule has 4 rings (SSSR count). The fraction of sp³-hybridized carbons (Fsp3) is 0.586. The maximum Gasteiger partial charge on any atom is 0.256 e. The van der Waals surface area contributed by atoms with Crippen LogP contribution in [0.1, 0.15) is 58.1 Å². The van der Waals surface area contributed by atoms with Crippen LogP contribution in [0.15, 0.2) is 43.0 Å². The van der Waals surface area contributed by atoms with Crippen LogP contribution in [0.25, 0.3) is 11.2 Å². The Hall–Kier alpha value is -2.49. The molecule has 1 amide bonds. The fourth-order valence-electron chi connectivity index (χ4n) is 4.15. The zero-order chi connectivity index (χ0) is 30.4. The smallest absolute Gasteiger partial charge is 0.256 e. The van der Waals surface area contributed by atoms with Crippen molar-refractivity contribution in [3.63, 3.8) is 0 Å². The van der Waals surface area contributed by atoms with Gasteiger partial charge in [0.25, 0.3) is 5.91 Å². The second-order valence-corrected chi connectivity index (χ2v) is 23.4. The van der Waals surface area contributed by atoms with Gasteiger partial charge in [-0.25, -0.2) is 15.0 Å². The van der Waals surface area contributed by atoms with E-state index >= 15 is 0 Å². The van der Waals surface area contributed by atoms with Crippen LogP contribution in [0.3, 0.4) is 0 Å². The van der Waals surface area contributed by atoms with Gasteiger partial charge in [0.15, 0.2) is 39.8 Å². The zero-order valence-corrected chi connectivity index (χ0v) is 27.9. The van der Waals surface area contributed by atoms with Crippen molar-refractivity contribution in [1.29, 1.82) is 0 Å². The van der Waals surface area contributed by atoms with Crippen LogP contribution in [-0.2, 0) is 13.6 Å². The molecule has 1 saturated heterocycles. The molecule has 0 aliphatic carbocycles. The van der Waals surface area contributed by atoms with Gasteiger partial charge in [0, 0.05) is 5.56 Å². The number of ether oxygens (including phenoxy) is 1. The summed E-state index contributed by atoms with van der Waals surface area (Å²) >= 11 is 0. The largest absolute Gasteiger partial charge is 0.414 e. The van der Waals surface area contributed by atoms with Crippen molar-refractivity contribution < 1.29 is 23.5 Å². The maximum atomic E-state index is 12.8.